The average molecular weight is 414 g/mol. The Morgan fingerprint density at radius 3 is 1.62 bits per heavy atom. The lowest BCUT2D eigenvalue weighted by Gasteiger charge is -2.32. The van der Waals surface area contributed by atoms with Crippen molar-refractivity contribution < 1.29 is 4.21 Å². The van der Waals surface area contributed by atoms with Crippen LogP contribution in [-0.4, -0.2) is 4.21 Å². The van der Waals surface area contributed by atoms with Crippen molar-refractivity contribution in [2.45, 2.75) is 91.0 Å². The molecule has 0 bridgehead atoms. The quantitative estimate of drug-likeness (QED) is 0.501. The fourth-order valence-electron chi connectivity index (χ4n) is 3.66. The van der Waals surface area contributed by atoms with Crippen LogP contribution in [-0.2, 0) is 11.0 Å². The van der Waals surface area contributed by atoms with Crippen LogP contribution in [0.3, 0.4) is 0 Å². The first-order chi connectivity index (χ1) is 13.4. The molecule has 0 aliphatic rings. The van der Waals surface area contributed by atoms with Crippen LogP contribution in [0, 0.1) is 5.41 Å². The van der Waals surface area contributed by atoms with Crippen molar-refractivity contribution in [3.8, 4) is 0 Å². The largest absolute Gasteiger partial charge is 0.237 e. The van der Waals surface area contributed by atoms with Gasteiger partial charge in [0.15, 0.2) is 0 Å². The van der Waals surface area contributed by atoms with E-state index in [1.807, 2.05) is 6.07 Å². The van der Waals surface area contributed by atoms with Crippen LogP contribution < -0.4 is 4.72 Å². The first kappa shape index (κ1) is 23.8. The Bertz CT molecular complexity index is 803. The molecule has 3 heteroatoms. The van der Waals surface area contributed by atoms with E-state index in [-0.39, 0.29) is 11.5 Å². The third-order valence-corrected chi connectivity index (χ3v) is 6.78. The van der Waals surface area contributed by atoms with E-state index in [9.17, 15) is 4.21 Å². The maximum atomic E-state index is 13.8. The lowest BCUT2D eigenvalue weighted by molar-refractivity contribution is 0.308. The number of rotatable bonds is 7. The monoisotopic (exact) mass is 413 g/mol. The summed E-state index contributed by atoms with van der Waals surface area (Å²) in [4.78, 5) is 0.976. The second kappa shape index (κ2) is 9.57. The van der Waals surface area contributed by atoms with Gasteiger partial charge in [-0.05, 0) is 45.4 Å². The topological polar surface area (TPSA) is 29.1 Å². The fourth-order valence-corrected chi connectivity index (χ4v) is 5.50. The Kier molecular flexibility index (Phi) is 7.86. The molecule has 1 N–H and O–H groups in total. The summed E-state index contributed by atoms with van der Waals surface area (Å²) >= 11 is 0. The van der Waals surface area contributed by atoms with Gasteiger partial charge >= 0.3 is 0 Å². The van der Waals surface area contributed by atoms with Crippen LogP contribution >= 0.6 is 0 Å². The smallest absolute Gasteiger partial charge is 0.126 e. The molecule has 2 nitrogen and oxygen atoms in total. The molecule has 0 aliphatic carbocycles. The van der Waals surface area contributed by atoms with Gasteiger partial charge in [0.25, 0.3) is 0 Å². The van der Waals surface area contributed by atoms with Crippen molar-refractivity contribution in [2.75, 3.05) is 0 Å². The zero-order valence-electron chi connectivity index (χ0n) is 19.7. The molecule has 2 aromatic rings. The van der Waals surface area contributed by atoms with Crippen molar-refractivity contribution in [3.05, 3.63) is 64.7 Å². The van der Waals surface area contributed by atoms with Crippen LogP contribution in [0.4, 0.5) is 0 Å². The Hall–Kier alpha value is -1.45. The maximum absolute atomic E-state index is 13.8. The van der Waals surface area contributed by atoms with Crippen LogP contribution in [0.1, 0.15) is 108 Å². The van der Waals surface area contributed by atoms with Gasteiger partial charge in [-0.3, -0.25) is 0 Å². The SMILES string of the molecule is CC(C)c1cc(C(C)C)c(S(=O)N[C@H](c2ccccc2)C(C)(C)C)c(C(C)C)c1. The van der Waals surface area contributed by atoms with Crippen molar-refractivity contribution in [1.29, 1.82) is 0 Å². The molecule has 160 valence electrons. The molecule has 0 aromatic heterocycles. The molecule has 1 unspecified atom stereocenters. The molecule has 0 aliphatic heterocycles. The van der Waals surface area contributed by atoms with Gasteiger partial charge in [-0.15, -0.1) is 0 Å². The normalized spacial score (nSPS) is 14.6. The lowest BCUT2D eigenvalue weighted by atomic mass is 9.83. The number of hydrogen-bond acceptors (Lipinski definition) is 1. The van der Waals surface area contributed by atoms with Gasteiger partial charge < -0.3 is 0 Å². The standard InChI is InChI=1S/C26H39NOS/c1-17(2)21-15-22(18(3)4)24(23(16-21)19(5)6)29(28)27-25(26(7,8)9)20-13-11-10-12-14-20/h10-19,25,27H,1-9H3/t25-,29?/m1/s1. The predicted molar refractivity (Wildman–Crippen MR) is 127 cm³/mol. The summed E-state index contributed by atoms with van der Waals surface area (Å²) < 4.78 is 17.3. The van der Waals surface area contributed by atoms with E-state index in [4.69, 9.17) is 0 Å². The minimum atomic E-state index is -1.30. The van der Waals surface area contributed by atoms with Gasteiger partial charge in [0.05, 0.1) is 4.90 Å². The van der Waals surface area contributed by atoms with Gasteiger partial charge in [0.2, 0.25) is 0 Å². The lowest BCUT2D eigenvalue weighted by Crippen LogP contribution is -2.34. The molecule has 0 saturated carbocycles. The van der Waals surface area contributed by atoms with E-state index in [0.29, 0.717) is 17.8 Å². The number of hydrogen-bond donors (Lipinski definition) is 1. The third-order valence-electron chi connectivity index (χ3n) is 5.49. The molecule has 0 spiro atoms. The fraction of sp³-hybridized carbons (Fsp3) is 0.538. The average Bonchev–Trinajstić information content (AvgIpc) is 2.64. The van der Waals surface area contributed by atoms with Gasteiger partial charge in [-0.1, -0.05) is 105 Å². The van der Waals surface area contributed by atoms with Gasteiger partial charge in [-0.2, -0.15) is 0 Å². The van der Waals surface area contributed by atoms with E-state index in [1.54, 1.807) is 0 Å². The molecular formula is C26H39NOS. The second-order valence-electron chi connectivity index (χ2n) is 10.1. The third kappa shape index (κ3) is 5.79. The molecule has 0 saturated heterocycles. The van der Waals surface area contributed by atoms with Crippen molar-refractivity contribution in [2.24, 2.45) is 5.41 Å². The van der Waals surface area contributed by atoms with Crippen molar-refractivity contribution >= 4 is 11.0 Å². The first-order valence-corrected chi connectivity index (χ1v) is 12.0. The summed E-state index contributed by atoms with van der Waals surface area (Å²) in [6.45, 7) is 19.8. The van der Waals surface area contributed by atoms with Crippen LogP contribution in [0.5, 0.6) is 0 Å². The zero-order valence-corrected chi connectivity index (χ0v) is 20.5. The van der Waals surface area contributed by atoms with E-state index in [0.717, 1.165) is 4.90 Å². The molecule has 2 atom stereocenters. The maximum Gasteiger partial charge on any atom is 0.126 e. The van der Waals surface area contributed by atoms with E-state index >= 15 is 0 Å². The summed E-state index contributed by atoms with van der Waals surface area (Å²) in [5.41, 5.74) is 4.83. The van der Waals surface area contributed by atoms with E-state index in [1.165, 1.54) is 22.3 Å². The van der Waals surface area contributed by atoms with Crippen LogP contribution in [0.25, 0.3) is 0 Å². The highest BCUT2D eigenvalue weighted by molar-refractivity contribution is 7.83. The first-order valence-electron chi connectivity index (χ1n) is 10.8. The Labute approximate surface area is 181 Å². The Morgan fingerprint density at radius 2 is 1.24 bits per heavy atom. The van der Waals surface area contributed by atoms with Crippen LogP contribution in [0.15, 0.2) is 47.4 Å². The van der Waals surface area contributed by atoms with Crippen molar-refractivity contribution in [1.82, 2.24) is 4.72 Å². The summed E-state index contributed by atoms with van der Waals surface area (Å²) in [5, 5.41) is 0. The molecular weight excluding hydrogens is 374 g/mol. The zero-order chi connectivity index (χ0) is 21.9. The Balaban J connectivity index is 2.58. The molecule has 29 heavy (non-hydrogen) atoms. The highest BCUT2D eigenvalue weighted by atomic mass is 32.2. The van der Waals surface area contributed by atoms with Crippen molar-refractivity contribution in [3.63, 3.8) is 0 Å². The summed E-state index contributed by atoms with van der Waals surface area (Å²) in [6.07, 6.45) is 0. The molecule has 0 radical (unpaired) electrons. The number of benzene rings is 2. The van der Waals surface area contributed by atoms with Gasteiger partial charge in [0.1, 0.15) is 11.0 Å². The summed E-state index contributed by atoms with van der Waals surface area (Å²) in [6, 6.07) is 14.9. The highest BCUT2D eigenvalue weighted by Crippen LogP contribution is 2.37. The highest BCUT2D eigenvalue weighted by Gasteiger charge is 2.30. The number of nitrogens with one attached hydrogen (secondary N) is 1. The summed E-state index contributed by atoms with van der Waals surface area (Å²) in [5.74, 6) is 1.08. The predicted octanol–water partition coefficient (Wildman–Crippen LogP) is 7.46. The Morgan fingerprint density at radius 1 is 0.759 bits per heavy atom. The molecule has 2 rings (SSSR count). The van der Waals surface area contributed by atoms with E-state index < -0.39 is 11.0 Å². The second-order valence-corrected chi connectivity index (χ2v) is 11.3. The molecule has 0 amide bonds. The van der Waals surface area contributed by atoms with Gasteiger partial charge in [0, 0.05) is 6.04 Å². The summed E-state index contributed by atoms with van der Waals surface area (Å²) in [7, 11) is -1.30. The van der Waals surface area contributed by atoms with Crippen LogP contribution in [0.2, 0.25) is 0 Å². The minimum absolute atomic E-state index is 0.00525. The minimum Gasteiger partial charge on any atom is -0.237 e. The molecule has 2 aromatic carbocycles. The van der Waals surface area contributed by atoms with Gasteiger partial charge in [-0.25, -0.2) is 8.93 Å². The van der Waals surface area contributed by atoms with E-state index in [2.05, 4.69) is 103 Å². The molecule has 0 heterocycles. The molecule has 0 fully saturated rings.